The van der Waals surface area contributed by atoms with Crippen LogP contribution >= 0.6 is 0 Å². The summed E-state index contributed by atoms with van der Waals surface area (Å²) >= 11 is 0. The summed E-state index contributed by atoms with van der Waals surface area (Å²) in [5.74, 6) is -1.51. The average molecular weight is 450 g/mol. The Balaban J connectivity index is 1.23. The molecule has 2 atom stereocenters. The van der Waals surface area contributed by atoms with Crippen molar-refractivity contribution in [3.05, 3.63) is 59.7 Å². The van der Waals surface area contributed by atoms with E-state index in [1.54, 1.807) is 0 Å². The van der Waals surface area contributed by atoms with Crippen molar-refractivity contribution in [2.75, 3.05) is 20.3 Å². The minimum absolute atomic E-state index is 0.0585. The molecule has 1 heterocycles. The topological polar surface area (TPSA) is 105 Å². The van der Waals surface area contributed by atoms with Gasteiger partial charge in [-0.3, -0.25) is 4.79 Å². The Hall–Kier alpha value is -3.39. The van der Waals surface area contributed by atoms with Crippen LogP contribution in [0.3, 0.4) is 0 Å². The van der Waals surface area contributed by atoms with Crippen LogP contribution in [0.5, 0.6) is 0 Å². The predicted octanol–water partition coefficient (Wildman–Crippen LogP) is 2.76. The monoisotopic (exact) mass is 450 g/mol. The maximum atomic E-state index is 12.9. The Kier molecular flexibility index (Phi) is 5.32. The molecule has 2 aliphatic carbocycles. The molecule has 5 rings (SSSR count). The van der Waals surface area contributed by atoms with Gasteiger partial charge in [-0.25, -0.2) is 9.59 Å². The summed E-state index contributed by atoms with van der Waals surface area (Å²) in [5.41, 5.74) is 3.37. The van der Waals surface area contributed by atoms with Crippen LogP contribution in [0.2, 0.25) is 0 Å². The van der Waals surface area contributed by atoms with E-state index in [2.05, 4.69) is 17.4 Å². The van der Waals surface area contributed by atoms with E-state index in [4.69, 9.17) is 9.47 Å². The lowest BCUT2D eigenvalue weighted by molar-refractivity contribution is -0.155. The first-order valence-electron chi connectivity index (χ1n) is 11.2. The largest absolute Gasteiger partial charge is 0.479 e. The number of fused-ring (bicyclic) bond motifs is 3. The molecule has 2 amide bonds. The summed E-state index contributed by atoms with van der Waals surface area (Å²) in [7, 11) is 1.48. The lowest BCUT2D eigenvalue weighted by Gasteiger charge is -2.29. The van der Waals surface area contributed by atoms with Crippen LogP contribution < -0.4 is 5.32 Å². The quantitative estimate of drug-likeness (QED) is 0.701. The van der Waals surface area contributed by atoms with Crippen molar-refractivity contribution < 1.29 is 29.0 Å². The number of hydrogen-bond acceptors (Lipinski definition) is 5. The van der Waals surface area contributed by atoms with Crippen molar-refractivity contribution in [2.45, 2.75) is 42.9 Å². The molecule has 2 aromatic rings. The number of carboxylic acid groups (broad SMARTS) is 1. The summed E-state index contributed by atoms with van der Waals surface area (Å²) < 4.78 is 11.2. The zero-order valence-corrected chi connectivity index (χ0v) is 18.3. The number of nitrogens with one attached hydrogen (secondary N) is 1. The van der Waals surface area contributed by atoms with Gasteiger partial charge < -0.3 is 24.8 Å². The molecule has 2 fully saturated rings. The Morgan fingerprint density at radius 3 is 2.27 bits per heavy atom. The first-order chi connectivity index (χ1) is 15.9. The number of ether oxygens (including phenoxy) is 2. The fourth-order valence-corrected chi connectivity index (χ4v) is 4.99. The van der Waals surface area contributed by atoms with Gasteiger partial charge in [0, 0.05) is 19.6 Å². The van der Waals surface area contributed by atoms with Gasteiger partial charge in [0.15, 0.2) is 6.10 Å². The molecule has 1 saturated heterocycles. The van der Waals surface area contributed by atoms with Gasteiger partial charge in [-0.05, 0) is 41.5 Å². The molecule has 2 N–H and O–H groups in total. The summed E-state index contributed by atoms with van der Waals surface area (Å²) in [4.78, 5) is 38.4. The molecule has 8 nitrogen and oxygen atoms in total. The lowest BCUT2D eigenvalue weighted by atomic mass is 9.98. The fraction of sp³-hybridized carbons (Fsp3) is 0.400. The van der Waals surface area contributed by atoms with Crippen molar-refractivity contribution in [3.63, 3.8) is 0 Å². The standard InChI is InChI=1S/C25H26N2O6/c1-27(25(11-12-25)23(29)30)22(28)21-20(10-13-32-21)26-24(31)33-14-19-17-8-4-2-6-15(17)16-7-3-5-9-18(16)19/h2-9,19-21H,10-14H2,1H3,(H,26,31)(H,29,30). The van der Waals surface area contributed by atoms with E-state index in [0.29, 0.717) is 25.9 Å². The second kappa shape index (κ2) is 8.19. The van der Waals surface area contributed by atoms with Crippen LogP contribution in [0.1, 0.15) is 36.3 Å². The third-order valence-corrected chi connectivity index (χ3v) is 7.08. The summed E-state index contributed by atoms with van der Waals surface area (Å²) in [5, 5.41) is 12.2. The van der Waals surface area contributed by atoms with E-state index in [1.807, 2.05) is 36.4 Å². The first kappa shape index (κ1) is 21.5. The van der Waals surface area contributed by atoms with Crippen LogP contribution in [0.25, 0.3) is 11.1 Å². The van der Waals surface area contributed by atoms with Crippen molar-refractivity contribution in [1.82, 2.24) is 10.2 Å². The van der Waals surface area contributed by atoms with Gasteiger partial charge in [0.1, 0.15) is 12.1 Å². The van der Waals surface area contributed by atoms with Gasteiger partial charge in [0.05, 0.1) is 6.04 Å². The predicted molar refractivity (Wildman–Crippen MR) is 119 cm³/mol. The number of nitrogens with zero attached hydrogens (tertiary/aromatic N) is 1. The molecule has 0 aromatic heterocycles. The van der Waals surface area contributed by atoms with E-state index in [1.165, 1.54) is 11.9 Å². The SMILES string of the molecule is CN(C(=O)C1OCCC1NC(=O)OCC1c2ccccc2-c2ccccc21)C1(C(=O)O)CC1. The van der Waals surface area contributed by atoms with E-state index in [0.717, 1.165) is 22.3 Å². The van der Waals surface area contributed by atoms with Gasteiger partial charge in [-0.15, -0.1) is 0 Å². The molecule has 0 spiro atoms. The molecular weight excluding hydrogens is 424 g/mol. The smallest absolute Gasteiger partial charge is 0.407 e. The fourth-order valence-electron chi connectivity index (χ4n) is 4.99. The third-order valence-electron chi connectivity index (χ3n) is 7.08. The lowest BCUT2D eigenvalue weighted by Crippen LogP contribution is -2.54. The molecule has 2 unspecified atom stereocenters. The minimum atomic E-state index is -1.16. The molecule has 1 aliphatic heterocycles. The van der Waals surface area contributed by atoms with Gasteiger partial charge in [0.2, 0.25) is 0 Å². The summed E-state index contributed by atoms with van der Waals surface area (Å²) in [6.45, 7) is 0.479. The molecule has 3 aliphatic rings. The maximum absolute atomic E-state index is 12.9. The zero-order chi connectivity index (χ0) is 23.2. The van der Waals surface area contributed by atoms with Crippen LogP contribution in [0, 0.1) is 0 Å². The normalized spacial score (nSPS) is 22.2. The molecule has 0 bridgehead atoms. The molecule has 8 heteroatoms. The number of carbonyl (C=O) groups is 3. The van der Waals surface area contributed by atoms with Crippen molar-refractivity contribution in [1.29, 1.82) is 0 Å². The zero-order valence-electron chi connectivity index (χ0n) is 18.3. The number of likely N-dealkylation sites (N-methyl/N-ethyl adjacent to an activating group) is 1. The van der Waals surface area contributed by atoms with Crippen LogP contribution in [0.15, 0.2) is 48.5 Å². The van der Waals surface area contributed by atoms with Crippen LogP contribution in [0.4, 0.5) is 4.79 Å². The molecule has 2 aromatic carbocycles. The van der Waals surface area contributed by atoms with Gasteiger partial charge in [-0.1, -0.05) is 48.5 Å². The summed E-state index contributed by atoms with van der Waals surface area (Å²) in [6.07, 6.45) is -0.252. The van der Waals surface area contributed by atoms with E-state index in [9.17, 15) is 19.5 Å². The highest BCUT2D eigenvalue weighted by Crippen LogP contribution is 2.44. The molecule has 0 radical (unpaired) electrons. The molecular formula is C25H26N2O6. The molecule has 33 heavy (non-hydrogen) atoms. The number of carboxylic acids is 1. The Morgan fingerprint density at radius 1 is 1.09 bits per heavy atom. The van der Waals surface area contributed by atoms with Gasteiger partial charge >= 0.3 is 12.1 Å². The number of aliphatic carboxylic acids is 1. The highest BCUT2D eigenvalue weighted by atomic mass is 16.6. The van der Waals surface area contributed by atoms with E-state index in [-0.39, 0.29) is 12.5 Å². The second-order valence-corrected chi connectivity index (χ2v) is 8.89. The summed E-state index contributed by atoms with van der Waals surface area (Å²) in [6, 6.07) is 15.6. The van der Waals surface area contributed by atoms with E-state index < -0.39 is 35.7 Å². The Bertz CT molecular complexity index is 1070. The number of alkyl carbamates (subject to hydrolysis) is 1. The first-order valence-corrected chi connectivity index (χ1v) is 11.2. The number of benzene rings is 2. The van der Waals surface area contributed by atoms with Crippen molar-refractivity contribution in [2.24, 2.45) is 0 Å². The number of amides is 2. The number of hydrogen-bond donors (Lipinski definition) is 2. The average Bonchev–Trinajstić information content (AvgIpc) is 3.42. The van der Waals surface area contributed by atoms with Crippen LogP contribution in [-0.2, 0) is 19.1 Å². The third kappa shape index (κ3) is 3.64. The molecule has 172 valence electrons. The minimum Gasteiger partial charge on any atom is -0.479 e. The Labute approximate surface area is 191 Å². The molecule has 1 saturated carbocycles. The highest BCUT2D eigenvalue weighted by Gasteiger charge is 2.57. The van der Waals surface area contributed by atoms with E-state index >= 15 is 0 Å². The second-order valence-electron chi connectivity index (χ2n) is 8.89. The van der Waals surface area contributed by atoms with Gasteiger partial charge in [0.25, 0.3) is 5.91 Å². The van der Waals surface area contributed by atoms with Gasteiger partial charge in [-0.2, -0.15) is 0 Å². The van der Waals surface area contributed by atoms with Crippen molar-refractivity contribution in [3.8, 4) is 11.1 Å². The number of rotatable bonds is 6. The highest BCUT2D eigenvalue weighted by molar-refractivity contribution is 5.92. The van der Waals surface area contributed by atoms with Crippen LogP contribution in [-0.4, -0.2) is 65.9 Å². The number of carbonyl (C=O) groups excluding carboxylic acids is 2. The Morgan fingerprint density at radius 2 is 1.70 bits per heavy atom. The van der Waals surface area contributed by atoms with Crippen molar-refractivity contribution >= 4 is 18.0 Å². The maximum Gasteiger partial charge on any atom is 0.407 e.